The number of hydrogen-bond donors (Lipinski definition) is 1. The van der Waals surface area contributed by atoms with Crippen LogP contribution in [0.1, 0.15) is 24.5 Å². The first-order chi connectivity index (χ1) is 7.97. The van der Waals surface area contributed by atoms with Crippen molar-refractivity contribution in [2.45, 2.75) is 33.4 Å². The molecule has 4 heteroatoms. The van der Waals surface area contributed by atoms with Gasteiger partial charge in [-0.15, -0.1) is 11.3 Å². The van der Waals surface area contributed by atoms with Gasteiger partial charge in [-0.3, -0.25) is 4.90 Å². The molecule has 0 unspecified atom stereocenters. The number of nitrogens with zero attached hydrogens (tertiary/aromatic N) is 2. The van der Waals surface area contributed by atoms with Crippen molar-refractivity contribution in [2.24, 2.45) is 0 Å². The molecular formula is C13H23N3S. The van der Waals surface area contributed by atoms with E-state index in [0.29, 0.717) is 6.04 Å². The Hall–Kier alpha value is -0.710. The SMILES string of the molecule is C=C(CNC(C)C)CN(C)Cc1csc(C)n1. The molecule has 1 N–H and O–H groups in total. The van der Waals surface area contributed by atoms with Gasteiger partial charge in [-0.1, -0.05) is 20.4 Å². The number of hydrogen-bond acceptors (Lipinski definition) is 4. The van der Waals surface area contributed by atoms with Crippen molar-refractivity contribution in [1.82, 2.24) is 15.2 Å². The average molecular weight is 253 g/mol. The fourth-order valence-electron chi connectivity index (χ4n) is 1.60. The maximum Gasteiger partial charge on any atom is 0.0897 e. The Labute approximate surface area is 109 Å². The van der Waals surface area contributed by atoms with E-state index in [4.69, 9.17) is 0 Å². The molecule has 0 aliphatic heterocycles. The summed E-state index contributed by atoms with van der Waals surface area (Å²) in [5.74, 6) is 0. The van der Waals surface area contributed by atoms with Crippen molar-refractivity contribution >= 4 is 11.3 Å². The third kappa shape index (κ3) is 5.96. The van der Waals surface area contributed by atoms with Gasteiger partial charge in [0.05, 0.1) is 10.7 Å². The molecule has 0 saturated heterocycles. The van der Waals surface area contributed by atoms with Crippen LogP contribution >= 0.6 is 11.3 Å². The van der Waals surface area contributed by atoms with Crippen molar-refractivity contribution in [3.05, 3.63) is 28.2 Å². The molecule has 0 radical (unpaired) electrons. The van der Waals surface area contributed by atoms with Crippen LogP contribution in [0.3, 0.4) is 0 Å². The van der Waals surface area contributed by atoms with Gasteiger partial charge in [0.1, 0.15) is 0 Å². The Balaban J connectivity index is 2.29. The van der Waals surface area contributed by atoms with Crippen LogP contribution in [0.25, 0.3) is 0 Å². The molecule has 0 aliphatic carbocycles. The zero-order valence-electron chi connectivity index (χ0n) is 11.3. The van der Waals surface area contributed by atoms with Crippen molar-refractivity contribution in [3.63, 3.8) is 0 Å². The Morgan fingerprint density at radius 2 is 2.29 bits per heavy atom. The van der Waals surface area contributed by atoms with Gasteiger partial charge >= 0.3 is 0 Å². The summed E-state index contributed by atoms with van der Waals surface area (Å²) in [6.45, 7) is 13.1. The van der Waals surface area contributed by atoms with Crippen molar-refractivity contribution < 1.29 is 0 Å². The minimum atomic E-state index is 0.512. The molecular weight excluding hydrogens is 230 g/mol. The summed E-state index contributed by atoms with van der Waals surface area (Å²) in [7, 11) is 2.11. The number of thiazole rings is 1. The van der Waals surface area contributed by atoms with E-state index in [1.807, 2.05) is 6.92 Å². The first-order valence-electron chi connectivity index (χ1n) is 5.97. The van der Waals surface area contributed by atoms with Gasteiger partial charge in [0.15, 0.2) is 0 Å². The molecule has 1 aromatic heterocycles. The molecule has 0 spiro atoms. The first kappa shape index (κ1) is 14.4. The summed E-state index contributed by atoms with van der Waals surface area (Å²) >= 11 is 1.71. The van der Waals surface area contributed by atoms with Gasteiger partial charge in [-0.2, -0.15) is 0 Å². The maximum atomic E-state index is 4.46. The molecule has 0 bridgehead atoms. The maximum absolute atomic E-state index is 4.46. The molecule has 0 aromatic carbocycles. The Kier molecular flexibility index (Phi) is 5.82. The van der Waals surface area contributed by atoms with E-state index >= 15 is 0 Å². The zero-order valence-corrected chi connectivity index (χ0v) is 12.1. The number of nitrogens with one attached hydrogen (secondary N) is 1. The predicted molar refractivity (Wildman–Crippen MR) is 75.5 cm³/mol. The van der Waals surface area contributed by atoms with Crippen LogP contribution in [-0.2, 0) is 6.54 Å². The highest BCUT2D eigenvalue weighted by Crippen LogP contribution is 2.10. The zero-order chi connectivity index (χ0) is 12.8. The van der Waals surface area contributed by atoms with E-state index in [2.05, 4.69) is 48.1 Å². The van der Waals surface area contributed by atoms with E-state index in [0.717, 1.165) is 30.3 Å². The second-order valence-corrected chi connectivity index (χ2v) is 5.88. The lowest BCUT2D eigenvalue weighted by molar-refractivity contribution is 0.347. The van der Waals surface area contributed by atoms with E-state index in [1.165, 1.54) is 5.57 Å². The monoisotopic (exact) mass is 253 g/mol. The first-order valence-corrected chi connectivity index (χ1v) is 6.85. The summed E-state index contributed by atoms with van der Waals surface area (Å²) in [4.78, 5) is 6.71. The van der Waals surface area contributed by atoms with E-state index in [-0.39, 0.29) is 0 Å². The lowest BCUT2D eigenvalue weighted by atomic mass is 10.2. The highest BCUT2D eigenvalue weighted by Gasteiger charge is 2.05. The average Bonchev–Trinajstić information content (AvgIpc) is 2.60. The largest absolute Gasteiger partial charge is 0.311 e. The van der Waals surface area contributed by atoms with E-state index in [9.17, 15) is 0 Å². The Morgan fingerprint density at radius 3 is 2.82 bits per heavy atom. The summed E-state index contributed by atoms with van der Waals surface area (Å²) in [6.07, 6.45) is 0. The number of rotatable bonds is 7. The van der Waals surface area contributed by atoms with Gasteiger partial charge in [0.25, 0.3) is 0 Å². The normalized spacial score (nSPS) is 11.4. The van der Waals surface area contributed by atoms with Gasteiger partial charge in [0, 0.05) is 31.1 Å². The summed E-state index contributed by atoms with van der Waals surface area (Å²) in [5.41, 5.74) is 2.37. The molecule has 0 saturated carbocycles. The van der Waals surface area contributed by atoms with Crippen LogP contribution in [0.15, 0.2) is 17.5 Å². The molecule has 1 rings (SSSR count). The molecule has 96 valence electrons. The topological polar surface area (TPSA) is 28.2 Å². The summed E-state index contributed by atoms with van der Waals surface area (Å²) < 4.78 is 0. The quantitative estimate of drug-likeness (QED) is 0.757. The van der Waals surface area contributed by atoms with E-state index < -0.39 is 0 Å². The van der Waals surface area contributed by atoms with Crippen LogP contribution in [-0.4, -0.2) is 36.1 Å². The highest BCUT2D eigenvalue weighted by molar-refractivity contribution is 7.09. The van der Waals surface area contributed by atoms with Crippen LogP contribution in [0.2, 0.25) is 0 Å². The lowest BCUT2D eigenvalue weighted by Crippen LogP contribution is -2.29. The Bertz CT molecular complexity index is 357. The highest BCUT2D eigenvalue weighted by atomic mass is 32.1. The van der Waals surface area contributed by atoms with Gasteiger partial charge in [0.2, 0.25) is 0 Å². The lowest BCUT2D eigenvalue weighted by Gasteiger charge is -2.18. The van der Waals surface area contributed by atoms with Crippen molar-refractivity contribution in [1.29, 1.82) is 0 Å². The van der Waals surface area contributed by atoms with E-state index in [1.54, 1.807) is 11.3 Å². The summed E-state index contributed by atoms with van der Waals surface area (Å²) in [6, 6.07) is 0.512. The van der Waals surface area contributed by atoms with Gasteiger partial charge in [-0.05, 0) is 19.5 Å². The molecule has 3 nitrogen and oxygen atoms in total. The van der Waals surface area contributed by atoms with Crippen LogP contribution in [0, 0.1) is 6.92 Å². The fourth-order valence-corrected chi connectivity index (χ4v) is 2.20. The van der Waals surface area contributed by atoms with Crippen LogP contribution < -0.4 is 5.32 Å². The molecule has 17 heavy (non-hydrogen) atoms. The van der Waals surface area contributed by atoms with Crippen molar-refractivity contribution in [2.75, 3.05) is 20.1 Å². The van der Waals surface area contributed by atoms with Crippen LogP contribution in [0.5, 0.6) is 0 Å². The molecule has 0 fully saturated rings. The molecule has 0 aliphatic rings. The molecule has 1 aromatic rings. The smallest absolute Gasteiger partial charge is 0.0897 e. The minimum Gasteiger partial charge on any atom is -0.311 e. The standard InChI is InChI=1S/C13H23N3S/c1-10(2)14-6-11(3)7-16(5)8-13-9-17-12(4)15-13/h9-10,14H,3,6-8H2,1-2,4-5H3. The van der Waals surface area contributed by atoms with Crippen LogP contribution in [0.4, 0.5) is 0 Å². The second kappa shape index (κ2) is 6.89. The Morgan fingerprint density at radius 1 is 1.59 bits per heavy atom. The summed E-state index contributed by atoms with van der Waals surface area (Å²) in [5, 5.41) is 6.64. The number of likely N-dealkylation sites (N-methyl/N-ethyl adjacent to an activating group) is 1. The fraction of sp³-hybridized carbons (Fsp3) is 0.615. The minimum absolute atomic E-state index is 0.512. The molecule has 0 atom stereocenters. The number of aromatic nitrogens is 1. The molecule has 1 heterocycles. The second-order valence-electron chi connectivity index (χ2n) is 4.82. The molecule has 0 amide bonds. The van der Waals surface area contributed by atoms with Gasteiger partial charge < -0.3 is 5.32 Å². The van der Waals surface area contributed by atoms with Crippen molar-refractivity contribution in [3.8, 4) is 0 Å². The number of aryl methyl sites for hydroxylation is 1. The predicted octanol–water partition coefficient (Wildman–Crippen LogP) is 2.44. The third-order valence-corrected chi connectivity index (χ3v) is 3.17. The third-order valence-electron chi connectivity index (χ3n) is 2.35. The van der Waals surface area contributed by atoms with Gasteiger partial charge in [-0.25, -0.2) is 4.98 Å².